The van der Waals surface area contributed by atoms with Gasteiger partial charge < -0.3 is 26.2 Å². The van der Waals surface area contributed by atoms with Crippen LogP contribution < -0.4 is 16.4 Å². The third-order valence-corrected chi connectivity index (χ3v) is 6.70. The topological polar surface area (TPSA) is 98.3 Å². The number of benzene rings is 1. The van der Waals surface area contributed by atoms with Gasteiger partial charge in [-0.25, -0.2) is 19.2 Å². The van der Waals surface area contributed by atoms with Crippen LogP contribution in [0.3, 0.4) is 0 Å². The van der Waals surface area contributed by atoms with Gasteiger partial charge in [-0.05, 0) is 48.1 Å². The third-order valence-electron chi connectivity index (χ3n) is 5.82. The molecule has 2 amide bonds. The Morgan fingerprint density at radius 3 is 2.97 bits per heavy atom. The number of hydrogen-bond acceptors (Lipinski definition) is 7. The first kappa shape index (κ1) is 19.9. The molecule has 1 aromatic carbocycles. The second-order valence-corrected chi connectivity index (χ2v) is 8.87. The zero-order valence-corrected chi connectivity index (χ0v) is 17.7. The van der Waals surface area contributed by atoms with Crippen LogP contribution in [-0.2, 0) is 0 Å². The molecule has 5 rings (SSSR count). The Bertz CT molecular complexity index is 990. The number of halogens is 1. The molecular weight excluding hydrogens is 417 g/mol. The van der Waals surface area contributed by atoms with Crippen LogP contribution in [0.25, 0.3) is 5.70 Å². The Hall–Kier alpha value is -3.01. The number of primary amides is 1. The Morgan fingerprint density at radius 1 is 1.32 bits per heavy atom. The highest BCUT2D eigenvalue weighted by Crippen LogP contribution is 2.40. The molecule has 4 N–H and O–H groups in total. The van der Waals surface area contributed by atoms with Gasteiger partial charge in [0.15, 0.2) is 5.50 Å². The van der Waals surface area contributed by atoms with Crippen LogP contribution in [0.1, 0.15) is 24.8 Å². The van der Waals surface area contributed by atoms with E-state index in [0.29, 0.717) is 25.5 Å². The van der Waals surface area contributed by atoms with E-state index in [4.69, 9.17) is 10.7 Å². The first-order chi connectivity index (χ1) is 15.1. The van der Waals surface area contributed by atoms with Gasteiger partial charge in [0.2, 0.25) is 5.96 Å². The van der Waals surface area contributed by atoms with Crippen molar-refractivity contribution in [2.75, 3.05) is 13.1 Å². The number of guanidine groups is 1. The standard InChI is InChI=1S/C21H24FN7OS/c22-14-5-3-13(4-6-14)17-18(29-10-11-31-21(29)27-17)16-7-8-24-20(26-16)25-15-2-1-9-28(12-15)19(23)30/h3-6,8,10-11,15-16,21,27H,1-2,7,9,12H2,(H2,23,30)(H,25,26). The number of amides is 2. The molecule has 1 saturated heterocycles. The number of piperidine rings is 1. The van der Waals surface area contributed by atoms with E-state index >= 15 is 0 Å². The lowest BCUT2D eigenvalue weighted by atomic mass is 10.0. The number of likely N-dealkylation sites (tertiary alicyclic amines) is 1. The number of nitrogens with zero attached hydrogens (tertiary/aromatic N) is 4. The molecule has 3 atom stereocenters. The lowest BCUT2D eigenvalue weighted by Crippen LogP contribution is -2.51. The van der Waals surface area contributed by atoms with E-state index in [1.54, 1.807) is 28.8 Å². The second kappa shape index (κ2) is 8.26. The van der Waals surface area contributed by atoms with E-state index in [-0.39, 0.29) is 23.4 Å². The minimum absolute atomic E-state index is 0.0677. The van der Waals surface area contributed by atoms with Gasteiger partial charge in [0, 0.05) is 38.0 Å². The summed E-state index contributed by atoms with van der Waals surface area (Å²) in [6.07, 6.45) is 6.43. The number of hydrogen-bond donors (Lipinski definition) is 3. The SMILES string of the molecule is NC(=O)N1CCCC(NC2=NC(C3=C(c4ccc(F)cc4)NC4SC=CN34)CC=N2)C1. The van der Waals surface area contributed by atoms with Gasteiger partial charge >= 0.3 is 6.03 Å². The normalized spacial score (nSPS) is 27.3. The minimum atomic E-state index is -0.394. The number of nitrogens with two attached hydrogens (primary N) is 1. The van der Waals surface area contributed by atoms with Crippen LogP contribution in [0.2, 0.25) is 0 Å². The van der Waals surface area contributed by atoms with E-state index in [2.05, 4.69) is 32.1 Å². The van der Waals surface area contributed by atoms with E-state index in [9.17, 15) is 9.18 Å². The fraction of sp³-hybridized carbons (Fsp3) is 0.381. The summed E-state index contributed by atoms with van der Waals surface area (Å²) < 4.78 is 13.5. The van der Waals surface area contributed by atoms with Crippen molar-refractivity contribution >= 4 is 35.7 Å². The molecule has 10 heteroatoms. The quantitative estimate of drug-likeness (QED) is 0.668. The summed E-state index contributed by atoms with van der Waals surface area (Å²) in [4.78, 5) is 24.7. The maximum atomic E-state index is 13.5. The van der Waals surface area contributed by atoms with Crippen molar-refractivity contribution in [2.24, 2.45) is 15.7 Å². The number of thioether (sulfide) groups is 1. The fourth-order valence-corrected chi connectivity index (χ4v) is 5.19. The van der Waals surface area contributed by atoms with Crippen molar-refractivity contribution in [3.8, 4) is 0 Å². The number of carbonyl (C=O) groups excluding carboxylic acids is 1. The zero-order valence-electron chi connectivity index (χ0n) is 16.9. The average Bonchev–Trinajstić information content (AvgIpc) is 3.36. The Balaban J connectivity index is 1.40. The Morgan fingerprint density at radius 2 is 2.16 bits per heavy atom. The lowest BCUT2D eigenvalue weighted by molar-refractivity contribution is 0.186. The van der Waals surface area contributed by atoms with E-state index in [1.807, 2.05) is 6.21 Å². The first-order valence-electron chi connectivity index (χ1n) is 10.4. The number of aliphatic imine (C=N–C) groups is 2. The van der Waals surface area contributed by atoms with E-state index in [0.717, 1.165) is 29.8 Å². The van der Waals surface area contributed by atoms with Crippen LogP contribution in [0.15, 0.2) is 51.6 Å². The summed E-state index contributed by atoms with van der Waals surface area (Å²) in [5.74, 6) is 0.309. The van der Waals surface area contributed by atoms with Crippen LogP contribution in [0.4, 0.5) is 9.18 Å². The molecule has 4 heterocycles. The van der Waals surface area contributed by atoms with E-state index < -0.39 is 6.03 Å². The molecule has 4 aliphatic heterocycles. The van der Waals surface area contributed by atoms with Crippen LogP contribution >= 0.6 is 11.8 Å². The molecule has 31 heavy (non-hydrogen) atoms. The summed E-state index contributed by atoms with van der Waals surface area (Å²) in [6.45, 7) is 1.24. The Kier molecular flexibility index (Phi) is 5.31. The Labute approximate surface area is 184 Å². The van der Waals surface area contributed by atoms with Gasteiger partial charge in [-0.15, -0.1) is 0 Å². The molecule has 3 unspecified atom stereocenters. The monoisotopic (exact) mass is 441 g/mol. The van der Waals surface area contributed by atoms with Gasteiger partial charge in [0.1, 0.15) is 11.9 Å². The van der Waals surface area contributed by atoms with Crippen molar-refractivity contribution in [1.29, 1.82) is 0 Å². The lowest BCUT2D eigenvalue weighted by Gasteiger charge is -2.33. The summed E-state index contributed by atoms with van der Waals surface area (Å²) >= 11 is 1.69. The van der Waals surface area contributed by atoms with E-state index in [1.165, 1.54) is 12.1 Å². The summed E-state index contributed by atoms with van der Waals surface area (Å²) in [5.41, 5.74) is 8.45. The number of urea groups is 1. The molecule has 0 saturated carbocycles. The molecular formula is C21H24FN7OS. The van der Waals surface area contributed by atoms with Crippen molar-refractivity contribution in [2.45, 2.75) is 36.8 Å². The minimum Gasteiger partial charge on any atom is -0.354 e. The third kappa shape index (κ3) is 3.99. The predicted octanol–water partition coefficient (Wildman–Crippen LogP) is 2.23. The van der Waals surface area contributed by atoms with Crippen molar-refractivity contribution < 1.29 is 9.18 Å². The van der Waals surface area contributed by atoms with Gasteiger partial charge in [0.05, 0.1) is 11.4 Å². The summed E-state index contributed by atoms with van der Waals surface area (Å²) in [5, 5.41) is 8.98. The van der Waals surface area contributed by atoms with Crippen LogP contribution in [0.5, 0.6) is 0 Å². The number of rotatable bonds is 3. The van der Waals surface area contributed by atoms with Gasteiger partial charge in [-0.1, -0.05) is 11.8 Å². The highest BCUT2D eigenvalue weighted by molar-refractivity contribution is 8.02. The highest BCUT2D eigenvalue weighted by Gasteiger charge is 2.38. The molecule has 8 nitrogen and oxygen atoms in total. The van der Waals surface area contributed by atoms with Crippen LogP contribution in [-0.4, -0.2) is 58.7 Å². The molecule has 1 fully saturated rings. The van der Waals surface area contributed by atoms with Gasteiger partial charge in [-0.2, -0.15) is 0 Å². The summed E-state index contributed by atoms with van der Waals surface area (Å²) in [7, 11) is 0. The second-order valence-electron chi connectivity index (χ2n) is 7.88. The number of fused-ring (bicyclic) bond motifs is 1. The molecule has 4 aliphatic rings. The number of nitrogens with one attached hydrogen (secondary N) is 2. The number of carbonyl (C=O) groups is 1. The first-order valence-corrected chi connectivity index (χ1v) is 11.3. The van der Waals surface area contributed by atoms with Gasteiger partial charge in [-0.3, -0.25) is 0 Å². The maximum absolute atomic E-state index is 13.5. The zero-order chi connectivity index (χ0) is 21.4. The van der Waals surface area contributed by atoms with Crippen molar-refractivity contribution in [1.82, 2.24) is 20.4 Å². The highest BCUT2D eigenvalue weighted by atomic mass is 32.2. The molecule has 162 valence electrons. The molecule has 0 aromatic heterocycles. The maximum Gasteiger partial charge on any atom is 0.314 e. The van der Waals surface area contributed by atoms with Crippen molar-refractivity contribution in [3.05, 3.63) is 53.0 Å². The van der Waals surface area contributed by atoms with Gasteiger partial charge in [0.25, 0.3) is 0 Å². The molecule has 0 radical (unpaired) electrons. The molecule has 0 aliphatic carbocycles. The summed E-state index contributed by atoms with van der Waals surface area (Å²) in [6, 6.07) is 6.06. The van der Waals surface area contributed by atoms with Crippen molar-refractivity contribution in [3.63, 3.8) is 0 Å². The molecule has 0 bridgehead atoms. The average molecular weight is 442 g/mol. The van der Waals surface area contributed by atoms with Crippen LogP contribution in [0, 0.1) is 5.82 Å². The smallest absolute Gasteiger partial charge is 0.314 e. The molecule has 1 aromatic rings. The molecule has 0 spiro atoms. The largest absolute Gasteiger partial charge is 0.354 e. The fourth-order valence-electron chi connectivity index (χ4n) is 4.34. The predicted molar refractivity (Wildman–Crippen MR) is 120 cm³/mol.